The zero-order valence-electron chi connectivity index (χ0n) is 18.2. The second kappa shape index (κ2) is 7.89. The maximum Gasteiger partial charge on any atom is 0.418 e. The molecule has 1 aromatic carbocycles. The van der Waals surface area contributed by atoms with E-state index in [4.69, 9.17) is 4.42 Å². The lowest BCUT2D eigenvalue weighted by Gasteiger charge is -2.61. The highest BCUT2D eigenvalue weighted by Gasteiger charge is 2.66. The minimum atomic E-state index is -4.84. The monoisotopic (exact) mass is 519 g/mol. The van der Waals surface area contributed by atoms with E-state index in [0.29, 0.717) is 17.1 Å². The molecule has 0 radical (unpaired) electrons. The van der Waals surface area contributed by atoms with Crippen molar-refractivity contribution in [1.82, 2.24) is 30.1 Å². The molecule has 16 heteroatoms. The molecular formula is C20H16F7N7O2. The molecule has 0 unspecified atom stereocenters. The van der Waals surface area contributed by atoms with Gasteiger partial charge >= 0.3 is 18.4 Å². The number of hydrogen-bond donors (Lipinski definition) is 1. The van der Waals surface area contributed by atoms with Crippen LogP contribution in [0, 0.1) is 18.8 Å². The number of amides is 2. The van der Waals surface area contributed by atoms with E-state index in [1.54, 1.807) is 0 Å². The summed E-state index contributed by atoms with van der Waals surface area (Å²) in [7, 11) is 0. The molecule has 2 aliphatic rings. The first-order valence-electron chi connectivity index (χ1n) is 10.5. The third kappa shape index (κ3) is 3.93. The summed E-state index contributed by atoms with van der Waals surface area (Å²) in [6.45, 7) is 1.45. The standard InChI is InChI=1S/C20H16F7N7O2/c1-9-30-31-16(36-9)18-6-10(19(22,23)24)4-12(7-18)33(18)17(35)29-11-2-3-13(20(25,26)27)14(5-11)34-28-8-15(21)32-34/h2-3,5,8,10,12H,4,6-7H2,1H3,(H,29,35)/t10-,12+,18-/m1/s1. The second-order valence-electron chi connectivity index (χ2n) is 8.68. The predicted octanol–water partition coefficient (Wildman–Crippen LogP) is 4.59. The van der Waals surface area contributed by atoms with Crippen LogP contribution in [0.15, 0.2) is 28.8 Å². The molecule has 3 aromatic rings. The molecule has 2 aromatic heterocycles. The van der Waals surface area contributed by atoms with Crippen molar-refractivity contribution < 1.29 is 39.9 Å². The van der Waals surface area contributed by atoms with E-state index in [-0.39, 0.29) is 30.3 Å². The van der Waals surface area contributed by atoms with Crippen molar-refractivity contribution in [1.29, 1.82) is 0 Å². The quantitative estimate of drug-likeness (QED) is 0.508. The summed E-state index contributed by atoms with van der Waals surface area (Å²) < 4.78 is 99.7. The van der Waals surface area contributed by atoms with E-state index in [1.807, 2.05) is 0 Å². The first-order chi connectivity index (χ1) is 16.8. The zero-order valence-corrected chi connectivity index (χ0v) is 18.2. The lowest BCUT2D eigenvalue weighted by Crippen LogP contribution is -2.71. The number of fused-ring (bicyclic) bond motifs is 2. The first kappa shape index (κ1) is 24.0. The van der Waals surface area contributed by atoms with Gasteiger partial charge in [-0.3, -0.25) is 0 Å². The van der Waals surface area contributed by atoms with Crippen molar-refractivity contribution in [3.63, 3.8) is 0 Å². The number of carbonyl (C=O) groups excluding carboxylic acids is 1. The number of halogens is 7. The summed E-state index contributed by atoms with van der Waals surface area (Å²) in [5.41, 5.74) is -3.51. The summed E-state index contributed by atoms with van der Waals surface area (Å²) >= 11 is 0. The van der Waals surface area contributed by atoms with E-state index >= 15 is 0 Å². The molecule has 5 rings (SSSR count). The molecule has 192 valence electrons. The van der Waals surface area contributed by atoms with E-state index in [1.165, 1.54) is 6.92 Å². The van der Waals surface area contributed by atoms with Gasteiger partial charge < -0.3 is 14.6 Å². The van der Waals surface area contributed by atoms with Gasteiger partial charge in [-0.05, 0) is 31.0 Å². The van der Waals surface area contributed by atoms with Crippen LogP contribution in [0.2, 0.25) is 0 Å². The van der Waals surface area contributed by atoms with Crippen molar-refractivity contribution in [2.24, 2.45) is 5.92 Å². The van der Waals surface area contributed by atoms with Crippen LogP contribution in [0.4, 0.5) is 41.2 Å². The van der Waals surface area contributed by atoms with Gasteiger partial charge in [0.05, 0.1) is 11.5 Å². The minimum absolute atomic E-state index is 0.101. The average molecular weight is 519 g/mol. The summed E-state index contributed by atoms with van der Waals surface area (Å²) in [5.74, 6) is -2.87. The zero-order chi connectivity index (χ0) is 26.0. The summed E-state index contributed by atoms with van der Waals surface area (Å²) in [6, 6.07) is 0.820. The molecule has 1 N–H and O–H groups in total. The largest absolute Gasteiger partial charge is 0.423 e. The van der Waals surface area contributed by atoms with Crippen LogP contribution in [0.25, 0.3) is 5.69 Å². The third-order valence-electron chi connectivity index (χ3n) is 6.38. The average Bonchev–Trinajstić information content (AvgIpc) is 3.40. The Hall–Kier alpha value is -3.72. The first-order valence-corrected chi connectivity index (χ1v) is 10.5. The fraction of sp³-hybridized carbons (Fsp3) is 0.450. The van der Waals surface area contributed by atoms with Gasteiger partial charge in [-0.2, -0.15) is 35.8 Å². The summed E-state index contributed by atoms with van der Waals surface area (Å²) in [6.07, 6.45) is -9.43. The molecule has 2 fully saturated rings. The Morgan fingerprint density at radius 1 is 1.17 bits per heavy atom. The minimum Gasteiger partial charge on any atom is -0.423 e. The number of piperidine rings is 1. The number of alkyl halides is 6. The van der Waals surface area contributed by atoms with Crippen LogP contribution in [0.3, 0.4) is 0 Å². The number of hydrogen-bond acceptors (Lipinski definition) is 6. The molecule has 3 atom stereocenters. The molecule has 1 saturated carbocycles. The maximum absolute atomic E-state index is 13.5. The number of anilines is 1. The fourth-order valence-electron chi connectivity index (χ4n) is 4.94. The SMILES string of the molecule is Cc1nnc([C@]23C[C@H](C[C@@H](C(F)(F)F)C2)N3C(=O)Nc2ccc(C(F)(F)F)c(-n3ncc(F)n3)c2)o1. The number of aromatic nitrogens is 5. The number of nitrogens with one attached hydrogen (secondary N) is 1. The number of nitrogens with zero attached hydrogens (tertiary/aromatic N) is 6. The van der Waals surface area contributed by atoms with Crippen molar-refractivity contribution in [2.45, 2.75) is 50.1 Å². The number of likely N-dealkylation sites (tertiary alicyclic amines) is 1. The third-order valence-corrected chi connectivity index (χ3v) is 6.38. The van der Waals surface area contributed by atoms with E-state index in [9.17, 15) is 35.5 Å². The maximum atomic E-state index is 13.5. The van der Waals surface area contributed by atoms with Gasteiger partial charge in [0.1, 0.15) is 17.4 Å². The molecule has 2 amide bonds. The molecular weight excluding hydrogens is 503 g/mol. The smallest absolute Gasteiger partial charge is 0.418 e. The van der Waals surface area contributed by atoms with Gasteiger partial charge in [-0.15, -0.1) is 20.1 Å². The molecule has 3 heterocycles. The Morgan fingerprint density at radius 3 is 2.50 bits per heavy atom. The highest BCUT2D eigenvalue weighted by Crippen LogP contribution is 2.58. The van der Waals surface area contributed by atoms with Gasteiger partial charge in [-0.1, -0.05) is 0 Å². The lowest BCUT2D eigenvalue weighted by atomic mass is 9.63. The van der Waals surface area contributed by atoms with Gasteiger partial charge in [-0.25, -0.2) is 4.79 Å². The van der Waals surface area contributed by atoms with Gasteiger partial charge in [0.25, 0.3) is 5.95 Å². The molecule has 9 nitrogen and oxygen atoms in total. The summed E-state index contributed by atoms with van der Waals surface area (Å²) in [5, 5.41) is 16.6. The molecule has 36 heavy (non-hydrogen) atoms. The Bertz CT molecular complexity index is 1320. The van der Waals surface area contributed by atoms with Gasteiger partial charge in [0.2, 0.25) is 11.8 Å². The number of aryl methyl sites for hydroxylation is 1. The molecule has 0 spiro atoms. The summed E-state index contributed by atoms with van der Waals surface area (Å²) in [4.78, 5) is 14.8. The van der Waals surface area contributed by atoms with Crippen molar-refractivity contribution >= 4 is 11.7 Å². The molecule has 1 aliphatic heterocycles. The predicted molar refractivity (Wildman–Crippen MR) is 105 cm³/mol. The molecule has 1 saturated heterocycles. The number of rotatable bonds is 3. The number of benzene rings is 1. The van der Waals surface area contributed by atoms with Crippen molar-refractivity contribution in [3.8, 4) is 5.69 Å². The Labute approximate surface area is 197 Å². The van der Waals surface area contributed by atoms with E-state index in [0.717, 1.165) is 17.0 Å². The highest BCUT2D eigenvalue weighted by atomic mass is 19.4. The normalized spacial score (nSPS) is 23.9. The van der Waals surface area contributed by atoms with Crippen LogP contribution in [0.5, 0.6) is 0 Å². The fourth-order valence-corrected chi connectivity index (χ4v) is 4.94. The molecule has 1 aliphatic carbocycles. The van der Waals surface area contributed by atoms with E-state index < -0.39 is 59.5 Å². The molecule has 2 bridgehead atoms. The highest BCUT2D eigenvalue weighted by molar-refractivity contribution is 5.91. The second-order valence-corrected chi connectivity index (χ2v) is 8.68. The van der Waals surface area contributed by atoms with Crippen LogP contribution in [-0.4, -0.2) is 48.3 Å². The Kier molecular flexibility index (Phi) is 5.26. The van der Waals surface area contributed by atoms with Gasteiger partial charge in [0.15, 0.2) is 0 Å². The van der Waals surface area contributed by atoms with Crippen LogP contribution in [0.1, 0.15) is 36.6 Å². The van der Waals surface area contributed by atoms with Crippen molar-refractivity contribution in [3.05, 3.63) is 47.7 Å². The van der Waals surface area contributed by atoms with Crippen LogP contribution >= 0.6 is 0 Å². The Morgan fingerprint density at radius 2 is 1.92 bits per heavy atom. The van der Waals surface area contributed by atoms with E-state index in [2.05, 4.69) is 25.7 Å². The number of urea groups is 1. The number of carbonyl (C=O) groups is 1. The Balaban J connectivity index is 1.47. The topological polar surface area (TPSA) is 102 Å². The van der Waals surface area contributed by atoms with Crippen LogP contribution in [-0.2, 0) is 11.7 Å². The van der Waals surface area contributed by atoms with Crippen molar-refractivity contribution in [2.75, 3.05) is 5.32 Å². The lowest BCUT2D eigenvalue weighted by molar-refractivity contribution is -0.229. The van der Waals surface area contributed by atoms with Gasteiger partial charge in [0, 0.05) is 25.1 Å². The van der Waals surface area contributed by atoms with Crippen LogP contribution < -0.4 is 5.32 Å².